The van der Waals surface area contributed by atoms with Gasteiger partial charge in [-0.1, -0.05) is 30.8 Å². The molecule has 1 aliphatic heterocycles. The average Bonchev–Trinajstić information content (AvgIpc) is 3.00. The monoisotopic (exact) mass is 595 g/mol. The first-order chi connectivity index (χ1) is 20.6. The Labute approximate surface area is 247 Å². The van der Waals surface area contributed by atoms with Crippen molar-refractivity contribution in [3.05, 3.63) is 92.0 Å². The van der Waals surface area contributed by atoms with Gasteiger partial charge in [0.25, 0.3) is 11.4 Å². The molecule has 2 fully saturated rings. The fourth-order valence-corrected chi connectivity index (χ4v) is 5.33. The van der Waals surface area contributed by atoms with E-state index in [4.69, 9.17) is 14.2 Å². The lowest BCUT2D eigenvalue weighted by Crippen LogP contribution is -2.43. The molecule has 1 heterocycles. The van der Waals surface area contributed by atoms with E-state index < -0.39 is 52.1 Å². The van der Waals surface area contributed by atoms with Gasteiger partial charge >= 0.3 is 18.0 Å². The summed E-state index contributed by atoms with van der Waals surface area (Å²) in [5, 5.41) is 23.5. The van der Waals surface area contributed by atoms with E-state index in [0.717, 1.165) is 12.8 Å². The molecule has 1 saturated carbocycles. The second-order valence-electron chi connectivity index (χ2n) is 10.6. The number of benzene rings is 2. The number of hydrogen-bond donors (Lipinski definition) is 0. The van der Waals surface area contributed by atoms with Crippen molar-refractivity contribution in [2.45, 2.75) is 63.8 Å². The van der Waals surface area contributed by atoms with Gasteiger partial charge in [-0.2, -0.15) is 0 Å². The molecule has 2 aromatic carbocycles. The minimum Gasteiger partial charge on any atom is -0.458 e. The van der Waals surface area contributed by atoms with Crippen molar-refractivity contribution in [3.63, 3.8) is 0 Å². The largest absolute Gasteiger partial charge is 0.458 e. The van der Waals surface area contributed by atoms with E-state index >= 15 is 0 Å². The van der Waals surface area contributed by atoms with Crippen molar-refractivity contribution in [2.75, 3.05) is 13.1 Å². The Hall–Kier alpha value is -4.81. The average molecular weight is 596 g/mol. The number of ether oxygens (including phenoxy) is 3. The highest BCUT2D eigenvalue weighted by atomic mass is 16.6. The van der Waals surface area contributed by atoms with E-state index in [-0.39, 0.29) is 54.0 Å². The molecular weight excluding hydrogens is 562 g/mol. The number of nitro benzene ring substituents is 2. The highest BCUT2D eigenvalue weighted by Crippen LogP contribution is 2.38. The van der Waals surface area contributed by atoms with Crippen LogP contribution in [-0.2, 0) is 23.8 Å². The Kier molecular flexibility index (Phi) is 10.1. The molecule has 13 nitrogen and oxygen atoms in total. The van der Waals surface area contributed by atoms with Gasteiger partial charge in [0.2, 0.25) is 0 Å². The number of amides is 1. The maximum atomic E-state index is 13.3. The molecule has 2 aliphatic rings. The molecule has 2 atom stereocenters. The summed E-state index contributed by atoms with van der Waals surface area (Å²) in [4.78, 5) is 61.9. The molecule has 0 aromatic heterocycles. The number of nitrogens with zero attached hydrogens (tertiary/aromatic N) is 3. The van der Waals surface area contributed by atoms with Gasteiger partial charge in [0.15, 0.2) is 6.10 Å². The van der Waals surface area contributed by atoms with Gasteiger partial charge in [-0.25, -0.2) is 9.59 Å². The number of esters is 2. The molecule has 1 amide bonds. The van der Waals surface area contributed by atoms with Gasteiger partial charge in [0.05, 0.1) is 26.9 Å². The van der Waals surface area contributed by atoms with Crippen LogP contribution in [0.25, 0.3) is 0 Å². The zero-order chi connectivity index (χ0) is 31.1. The van der Waals surface area contributed by atoms with Gasteiger partial charge in [-0.15, -0.1) is 0 Å². The quantitative estimate of drug-likeness (QED) is 0.120. The number of piperidine rings is 1. The second kappa shape index (κ2) is 13.9. The van der Waals surface area contributed by atoms with E-state index in [1.165, 1.54) is 53.4 Å². The first kappa shape index (κ1) is 31.1. The van der Waals surface area contributed by atoms with Crippen LogP contribution in [0.15, 0.2) is 60.7 Å². The van der Waals surface area contributed by atoms with E-state index in [1.54, 1.807) is 6.92 Å². The normalized spacial score (nSPS) is 18.9. The van der Waals surface area contributed by atoms with Crippen LogP contribution < -0.4 is 0 Å². The molecule has 1 aliphatic carbocycles. The molecule has 0 bridgehead atoms. The maximum Gasteiger partial charge on any atom is 0.410 e. The molecule has 228 valence electrons. The molecule has 2 unspecified atom stereocenters. The highest BCUT2D eigenvalue weighted by molar-refractivity contribution is 5.87. The summed E-state index contributed by atoms with van der Waals surface area (Å²) in [5.41, 5.74) is -0.461. The Morgan fingerprint density at radius 1 is 0.837 bits per heavy atom. The van der Waals surface area contributed by atoms with Crippen molar-refractivity contribution in [3.8, 4) is 0 Å². The molecule has 4 rings (SSSR count). The van der Waals surface area contributed by atoms with Crippen molar-refractivity contribution in [2.24, 2.45) is 5.92 Å². The first-order valence-corrected chi connectivity index (χ1v) is 14.1. The van der Waals surface area contributed by atoms with Crippen LogP contribution in [0.5, 0.6) is 0 Å². The lowest BCUT2D eigenvalue weighted by Gasteiger charge is -2.34. The van der Waals surface area contributed by atoms with Crippen molar-refractivity contribution < 1.29 is 38.4 Å². The Balaban J connectivity index is 1.44. The molecule has 13 heteroatoms. The predicted molar refractivity (Wildman–Crippen MR) is 152 cm³/mol. The summed E-state index contributed by atoms with van der Waals surface area (Å²) < 4.78 is 17.0. The van der Waals surface area contributed by atoms with E-state index in [0.29, 0.717) is 12.8 Å². The molecule has 0 N–H and O–H groups in total. The minimum atomic E-state index is -1.43. The predicted octanol–water partition coefficient (Wildman–Crippen LogP) is 5.41. The number of likely N-dealkylation sites (tertiary alicyclic amines) is 1. The molecular formula is C30H33N3O10. The summed E-state index contributed by atoms with van der Waals surface area (Å²) in [6.07, 6.45) is 0.0405. The van der Waals surface area contributed by atoms with Gasteiger partial charge in [0, 0.05) is 30.8 Å². The zero-order valence-electron chi connectivity index (χ0n) is 23.7. The number of carbonyl (C=O) groups excluding carboxylic acids is 3. The fraction of sp³-hybridized carbons (Fsp3) is 0.433. The van der Waals surface area contributed by atoms with E-state index in [9.17, 15) is 34.6 Å². The Bertz CT molecular complexity index is 1340. The van der Waals surface area contributed by atoms with Crippen molar-refractivity contribution in [1.29, 1.82) is 0 Å². The molecule has 43 heavy (non-hydrogen) atoms. The third kappa shape index (κ3) is 7.53. The summed E-state index contributed by atoms with van der Waals surface area (Å²) in [6.45, 7) is 5.42. The van der Waals surface area contributed by atoms with Crippen LogP contribution in [0.2, 0.25) is 0 Å². The smallest absolute Gasteiger partial charge is 0.410 e. The minimum absolute atomic E-state index is 0.0111. The highest BCUT2D eigenvalue weighted by Gasteiger charge is 2.37. The molecule has 1 saturated heterocycles. The molecule has 0 radical (unpaired) electrons. The van der Waals surface area contributed by atoms with Crippen LogP contribution in [0.3, 0.4) is 0 Å². The number of para-hydroxylation sites is 2. The van der Waals surface area contributed by atoms with Gasteiger partial charge in [-0.3, -0.25) is 25.0 Å². The molecule has 2 aromatic rings. The van der Waals surface area contributed by atoms with E-state index in [1.807, 2.05) is 0 Å². The number of hydrogen-bond acceptors (Lipinski definition) is 10. The number of carbonyl (C=O) groups is 3. The Morgan fingerprint density at radius 2 is 1.33 bits per heavy atom. The standard InChI is InChI=1S/C30H33N3O10/c1-19(2)28(34)41-25-13-7-8-14-26(25)42-29(35)20-15-17-31(18-16-20)30(36)43-27(21-9-3-5-11-23(21)32(37)38)22-10-4-6-12-24(22)33(39)40/h3-6,9-12,20,25-27H,1,7-8,13-18H2,2H3. The van der Waals surface area contributed by atoms with Crippen LogP contribution in [0, 0.1) is 26.1 Å². The third-order valence-corrected chi connectivity index (χ3v) is 7.65. The summed E-state index contributed by atoms with van der Waals surface area (Å²) >= 11 is 0. The molecule has 0 spiro atoms. The van der Waals surface area contributed by atoms with Gasteiger partial charge < -0.3 is 19.1 Å². The van der Waals surface area contributed by atoms with Crippen molar-refractivity contribution in [1.82, 2.24) is 4.90 Å². The lowest BCUT2D eigenvalue weighted by atomic mass is 9.93. The number of nitro groups is 2. The summed E-state index contributed by atoms with van der Waals surface area (Å²) in [5.74, 6) is -1.46. The topological polar surface area (TPSA) is 168 Å². The van der Waals surface area contributed by atoms with Crippen LogP contribution in [0.4, 0.5) is 16.2 Å². The van der Waals surface area contributed by atoms with E-state index in [2.05, 4.69) is 6.58 Å². The summed E-state index contributed by atoms with van der Waals surface area (Å²) in [7, 11) is 0. The first-order valence-electron chi connectivity index (χ1n) is 14.1. The zero-order valence-corrected chi connectivity index (χ0v) is 23.7. The van der Waals surface area contributed by atoms with Crippen LogP contribution in [-0.4, -0.2) is 58.1 Å². The van der Waals surface area contributed by atoms with Gasteiger partial charge in [0.1, 0.15) is 12.2 Å². The second-order valence-corrected chi connectivity index (χ2v) is 10.6. The maximum absolute atomic E-state index is 13.3. The summed E-state index contributed by atoms with van der Waals surface area (Å²) in [6, 6.07) is 11.2. The van der Waals surface area contributed by atoms with Crippen LogP contribution >= 0.6 is 0 Å². The number of rotatable bonds is 9. The lowest BCUT2D eigenvalue weighted by molar-refractivity contribution is -0.387. The third-order valence-electron chi connectivity index (χ3n) is 7.65. The van der Waals surface area contributed by atoms with Crippen LogP contribution in [0.1, 0.15) is 62.7 Å². The SMILES string of the molecule is C=C(C)C(=O)OC1CCCCC1OC(=O)C1CCN(C(=O)OC(c2ccccc2[N+](=O)[O-])c2ccccc2[N+](=O)[O-])CC1. The Morgan fingerprint density at radius 3 is 1.81 bits per heavy atom. The fourth-order valence-electron chi connectivity index (χ4n) is 5.33. The van der Waals surface area contributed by atoms with Crippen molar-refractivity contribution >= 4 is 29.4 Å². The van der Waals surface area contributed by atoms with Gasteiger partial charge in [-0.05, 0) is 57.6 Å².